The Balaban J connectivity index is 2.33. The number of benzene rings is 1. The number of nitrogens with one attached hydrogen (secondary N) is 1. The third kappa shape index (κ3) is 2.28. The second-order valence-corrected chi connectivity index (χ2v) is 3.72. The van der Waals surface area contributed by atoms with Crippen molar-refractivity contribution in [2.24, 2.45) is 0 Å². The summed E-state index contributed by atoms with van der Waals surface area (Å²) in [4.78, 5) is 22.5. The average Bonchev–Trinajstić information content (AvgIpc) is 2.27. The van der Waals surface area contributed by atoms with E-state index in [1.54, 1.807) is 0 Å². The van der Waals surface area contributed by atoms with Gasteiger partial charge < -0.3 is 0 Å². The smallest absolute Gasteiger partial charge is 0.265 e. The minimum absolute atomic E-state index is 0.208. The van der Waals surface area contributed by atoms with Gasteiger partial charge in [0.25, 0.3) is 11.1 Å². The molecular weight excluding hydrogens is 204 g/mol. The highest BCUT2D eigenvalue weighted by Gasteiger charge is 1.98. The highest BCUT2D eigenvalue weighted by atomic mass is 16.1. The van der Waals surface area contributed by atoms with Crippen LogP contribution in [-0.2, 0) is 6.54 Å². The summed E-state index contributed by atoms with van der Waals surface area (Å²) in [5.41, 5.74) is 1.67. The molecule has 0 atom stereocenters. The predicted octanol–water partition coefficient (Wildman–Crippen LogP) is 0.893. The van der Waals surface area contributed by atoms with E-state index < -0.39 is 0 Å². The maximum absolute atomic E-state index is 11.4. The van der Waals surface area contributed by atoms with Gasteiger partial charge in [-0.25, -0.2) is 4.68 Å². The van der Waals surface area contributed by atoms with Crippen LogP contribution in [0.4, 0.5) is 0 Å². The second kappa shape index (κ2) is 4.18. The van der Waals surface area contributed by atoms with E-state index in [4.69, 9.17) is 0 Å². The quantitative estimate of drug-likeness (QED) is 0.810. The third-order valence-electron chi connectivity index (χ3n) is 2.35. The summed E-state index contributed by atoms with van der Waals surface area (Å²) in [5.74, 6) is 0. The van der Waals surface area contributed by atoms with Crippen molar-refractivity contribution in [3.63, 3.8) is 0 Å². The lowest BCUT2D eigenvalue weighted by molar-refractivity contribution is 0.627. The van der Waals surface area contributed by atoms with Crippen LogP contribution in [0.15, 0.2) is 46.0 Å². The van der Waals surface area contributed by atoms with Gasteiger partial charge in [0.1, 0.15) is 0 Å². The first kappa shape index (κ1) is 10.4. The molecule has 1 heterocycles. The molecule has 4 nitrogen and oxygen atoms in total. The minimum Gasteiger partial charge on any atom is -0.268 e. The molecule has 1 N–H and O–H groups in total. The molecule has 0 aliphatic carbocycles. The van der Waals surface area contributed by atoms with E-state index in [-0.39, 0.29) is 11.1 Å². The molecule has 0 bridgehead atoms. The number of rotatable bonds is 2. The zero-order valence-corrected chi connectivity index (χ0v) is 8.93. The van der Waals surface area contributed by atoms with Gasteiger partial charge in [-0.2, -0.15) is 0 Å². The van der Waals surface area contributed by atoms with Gasteiger partial charge in [0.2, 0.25) is 0 Å². The second-order valence-electron chi connectivity index (χ2n) is 3.72. The van der Waals surface area contributed by atoms with Crippen LogP contribution in [0.2, 0.25) is 0 Å². The van der Waals surface area contributed by atoms with Gasteiger partial charge in [0.15, 0.2) is 0 Å². The molecule has 1 aromatic carbocycles. The normalized spacial score (nSPS) is 10.3. The fraction of sp³-hybridized carbons (Fsp3) is 0.167. The molecule has 2 aromatic rings. The Morgan fingerprint density at radius 3 is 2.44 bits per heavy atom. The average molecular weight is 216 g/mol. The first-order valence-corrected chi connectivity index (χ1v) is 5.01. The molecule has 0 unspecified atom stereocenters. The van der Waals surface area contributed by atoms with Crippen molar-refractivity contribution in [3.05, 3.63) is 68.2 Å². The van der Waals surface area contributed by atoms with Crippen LogP contribution in [0.25, 0.3) is 0 Å². The molecular formula is C12H12N2O2. The molecule has 0 aliphatic heterocycles. The minimum atomic E-state index is -0.272. The molecule has 2 rings (SSSR count). The van der Waals surface area contributed by atoms with Crippen LogP contribution in [0.3, 0.4) is 0 Å². The number of hydrogen-bond donors (Lipinski definition) is 1. The van der Waals surface area contributed by atoms with Gasteiger partial charge >= 0.3 is 0 Å². The van der Waals surface area contributed by atoms with E-state index in [1.165, 1.54) is 16.8 Å². The van der Waals surface area contributed by atoms with Crippen molar-refractivity contribution < 1.29 is 0 Å². The molecule has 1 aromatic heterocycles. The number of hydrogen-bond acceptors (Lipinski definition) is 2. The fourth-order valence-electron chi connectivity index (χ4n) is 1.46. The van der Waals surface area contributed by atoms with E-state index in [9.17, 15) is 9.59 Å². The van der Waals surface area contributed by atoms with Crippen LogP contribution in [0, 0.1) is 6.92 Å². The van der Waals surface area contributed by atoms with Crippen LogP contribution in [-0.4, -0.2) is 9.78 Å². The molecule has 16 heavy (non-hydrogen) atoms. The van der Waals surface area contributed by atoms with Crippen molar-refractivity contribution >= 4 is 0 Å². The molecule has 82 valence electrons. The highest BCUT2D eigenvalue weighted by molar-refractivity contribution is 5.21. The van der Waals surface area contributed by atoms with Gasteiger partial charge in [-0.15, -0.1) is 0 Å². The van der Waals surface area contributed by atoms with Gasteiger partial charge in [-0.3, -0.25) is 14.7 Å². The molecule has 0 aliphatic rings. The van der Waals surface area contributed by atoms with E-state index in [2.05, 4.69) is 5.10 Å². The number of nitrogens with zero attached hydrogens (tertiary/aromatic N) is 1. The van der Waals surface area contributed by atoms with E-state index in [1.807, 2.05) is 31.2 Å². The maximum Gasteiger partial charge on any atom is 0.265 e. The van der Waals surface area contributed by atoms with Crippen LogP contribution in [0.5, 0.6) is 0 Å². The lowest BCUT2D eigenvalue weighted by Gasteiger charge is -2.04. The molecule has 0 spiro atoms. The molecule has 4 heteroatoms. The Morgan fingerprint density at radius 1 is 1.06 bits per heavy atom. The first-order chi connectivity index (χ1) is 7.65. The molecule has 0 saturated carbocycles. The summed E-state index contributed by atoms with van der Waals surface area (Å²) in [6, 6.07) is 10.3. The highest BCUT2D eigenvalue weighted by Crippen LogP contribution is 2.03. The molecule has 0 radical (unpaired) electrons. The standard InChI is InChI=1S/C12H12N2O2/c1-9-2-4-10(5-3-9)8-14-12(16)7-6-11(15)13-14/h2-7H,8H2,1H3,(H,13,15). The van der Waals surface area contributed by atoms with Crippen molar-refractivity contribution in [1.29, 1.82) is 0 Å². The van der Waals surface area contributed by atoms with Crippen molar-refractivity contribution in [2.45, 2.75) is 13.5 Å². The SMILES string of the molecule is Cc1ccc(Cn2[nH]c(=O)ccc2=O)cc1. The Kier molecular flexibility index (Phi) is 2.72. The van der Waals surface area contributed by atoms with Crippen LogP contribution >= 0.6 is 0 Å². The molecule has 0 fully saturated rings. The zero-order valence-electron chi connectivity index (χ0n) is 8.93. The van der Waals surface area contributed by atoms with Gasteiger partial charge in [0.05, 0.1) is 6.54 Å². The number of aryl methyl sites for hydroxylation is 1. The summed E-state index contributed by atoms with van der Waals surface area (Å²) in [5, 5.41) is 2.49. The largest absolute Gasteiger partial charge is 0.268 e. The van der Waals surface area contributed by atoms with Gasteiger partial charge in [-0.05, 0) is 12.5 Å². The van der Waals surface area contributed by atoms with Gasteiger partial charge in [0, 0.05) is 12.1 Å². The summed E-state index contributed by atoms with van der Waals surface area (Å²) < 4.78 is 1.30. The Labute approximate surface area is 92.2 Å². The number of aromatic nitrogens is 2. The summed E-state index contributed by atoms with van der Waals surface area (Å²) >= 11 is 0. The Hall–Kier alpha value is -2.10. The fourth-order valence-corrected chi connectivity index (χ4v) is 1.46. The summed E-state index contributed by atoms with van der Waals surface area (Å²) in [6.07, 6.45) is 0. The van der Waals surface area contributed by atoms with Gasteiger partial charge in [-0.1, -0.05) is 29.8 Å². The van der Waals surface area contributed by atoms with Crippen LogP contribution < -0.4 is 11.1 Å². The number of aromatic amines is 1. The molecule has 0 saturated heterocycles. The lowest BCUT2D eigenvalue weighted by atomic mass is 10.1. The van der Waals surface area contributed by atoms with E-state index >= 15 is 0 Å². The zero-order chi connectivity index (χ0) is 11.5. The van der Waals surface area contributed by atoms with E-state index in [0.29, 0.717) is 6.54 Å². The number of H-pyrrole nitrogens is 1. The topological polar surface area (TPSA) is 54.9 Å². The summed E-state index contributed by atoms with van der Waals surface area (Å²) in [7, 11) is 0. The van der Waals surface area contributed by atoms with E-state index in [0.717, 1.165) is 11.1 Å². The monoisotopic (exact) mass is 216 g/mol. The maximum atomic E-state index is 11.4. The Morgan fingerprint density at radius 2 is 1.75 bits per heavy atom. The van der Waals surface area contributed by atoms with Crippen LogP contribution in [0.1, 0.15) is 11.1 Å². The van der Waals surface area contributed by atoms with Crippen molar-refractivity contribution in [3.8, 4) is 0 Å². The molecule has 0 amide bonds. The first-order valence-electron chi connectivity index (χ1n) is 5.01. The summed E-state index contributed by atoms with van der Waals surface area (Å²) in [6.45, 7) is 2.38. The predicted molar refractivity (Wildman–Crippen MR) is 61.6 cm³/mol. The third-order valence-corrected chi connectivity index (χ3v) is 2.35. The van der Waals surface area contributed by atoms with Crippen molar-refractivity contribution in [1.82, 2.24) is 9.78 Å². The Bertz CT molecular complexity index is 593. The lowest BCUT2D eigenvalue weighted by Crippen LogP contribution is -2.28. The van der Waals surface area contributed by atoms with Crippen molar-refractivity contribution in [2.75, 3.05) is 0 Å².